The average Bonchev–Trinajstić information content (AvgIpc) is 2.79. The predicted octanol–water partition coefficient (Wildman–Crippen LogP) is 3.82. The number of hydrogen-bond acceptors (Lipinski definition) is 13. The van der Waals surface area contributed by atoms with E-state index in [1.54, 1.807) is 0 Å². The number of nitroso groups, excluding NO2 is 3. The first kappa shape index (κ1) is 23.7. The second kappa shape index (κ2) is 8.54. The first-order valence-corrected chi connectivity index (χ1v) is 11.1. The lowest BCUT2D eigenvalue weighted by Crippen LogP contribution is -2.11. The van der Waals surface area contributed by atoms with Crippen LogP contribution in [0.15, 0.2) is 54.7 Å². The number of fused-ring (bicyclic) bond motifs is 2. The Balaban J connectivity index is 2.77. The van der Waals surface area contributed by atoms with E-state index in [9.17, 15) is 36.1 Å². The summed E-state index contributed by atoms with van der Waals surface area (Å²) < 4.78 is 61.3. The van der Waals surface area contributed by atoms with Gasteiger partial charge in [0.1, 0.15) is 22.0 Å². The summed E-state index contributed by atoms with van der Waals surface area (Å²) >= 11 is 0. The molecule has 0 aliphatic carbocycles. The summed E-state index contributed by atoms with van der Waals surface area (Å²) in [5.41, 5.74) is 6.22. The third kappa shape index (κ3) is 3.89. The molecule has 0 aromatic heterocycles. The Morgan fingerprint density at radius 1 is 0.970 bits per heavy atom. The van der Waals surface area contributed by atoms with Crippen LogP contribution in [0.25, 0.3) is 32.0 Å². The molecule has 0 fully saturated rings. The van der Waals surface area contributed by atoms with Gasteiger partial charge in [0.15, 0.2) is 0 Å². The van der Waals surface area contributed by atoms with E-state index in [4.69, 9.17) is 11.4 Å². The average molecular weight is 495 g/mol. The molecule has 0 unspecified atom stereocenters. The standard InChI is InChI=1S/C15H9N7O9S2/c16-22-18-5-9-11(32(26,27)28)4-10(19-23)13-12(9)14(20-24)7-2-1-6(33(29,30)31-17)3-8(7)15(13)21-25/h1-4H,5,17H2,(H,26,27,28). The number of nitrogens with zero attached hydrogens (tertiary/aromatic N) is 6. The van der Waals surface area contributed by atoms with Gasteiger partial charge in [0.25, 0.3) is 10.1 Å². The first-order valence-electron chi connectivity index (χ1n) is 8.26. The predicted molar refractivity (Wildman–Crippen MR) is 113 cm³/mol. The monoisotopic (exact) mass is 495 g/mol. The molecule has 3 aromatic rings. The highest BCUT2D eigenvalue weighted by atomic mass is 32.2. The summed E-state index contributed by atoms with van der Waals surface area (Å²) in [6.45, 7) is -0.763. The molecule has 0 amide bonds. The topological polar surface area (TPSA) is 261 Å². The van der Waals surface area contributed by atoms with Crippen molar-refractivity contribution >= 4 is 58.8 Å². The van der Waals surface area contributed by atoms with Crippen LogP contribution in [0.4, 0.5) is 17.1 Å². The number of hydrogen-bond donors (Lipinski definition) is 2. The van der Waals surface area contributed by atoms with Crippen LogP contribution >= 0.6 is 0 Å². The molecule has 3 N–H and O–H groups in total. The van der Waals surface area contributed by atoms with Crippen LogP contribution in [0.3, 0.4) is 0 Å². The van der Waals surface area contributed by atoms with Gasteiger partial charge < -0.3 is 0 Å². The van der Waals surface area contributed by atoms with Gasteiger partial charge in [0.05, 0.1) is 11.4 Å². The zero-order chi connectivity index (χ0) is 24.6. The molecule has 0 aliphatic rings. The van der Waals surface area contributed by atoms with Gasteiger partial charge in [0, 0.05) is 26.5 Å². The molecule has 0 saturated carbocycles. The smallest absolute Gasteiger partial charge is 0.282 e. The molecule has 170 valence electrons. The maximum Gasteiger partial charge on any atom is 0.312 e. The van der Waals surface area contributed by atoms with E-state index >= 15 is 0 Å². The Hall–Kier alpha value is -3.93. The highest BCUT2D eigenvalue weighted by molar-refractivity contribution is 7.86. The highest BCUT2D eigenvalue weighted by Crippen LogP contribution is 2.50. The molecule has 0 saturated heterocycles. The third-order valence-corrected chi connectivity index (χ3v) is 6.62. The third-order valence-electron chi connectivity index (χ3n) is 4.61. The fourth-order valence-corrected chi connectivity index (χ4v) is 4.69. The van der Waals surface area contributed by atoms with Crippen molar-refractivity contribution in [3.05, 3.63) is 55.0 Å². The molecule has 18 heteroatoms. The number of rotatable bonds is 8. The van der Waals surface area contributed by atoms with Crippen molar-refractivity contribution in [3.8, 4) is 0 Å². The van der Waals surface area contributed by atoms with Crippen LogP contribution in [0, 0.1) is 14.7 Å². The van der Waals surface area contributed by atoms with E-state index in [1.807, 2.05) is 0 Å². The number of nitrogens with two attached hydrogens (primary N) is 1. The van der Waals surface area contributed by atoms with Crippen molar-refractivity contribution in [2.45, 2.75) is 16.3 Å². The van der Waals surface area contributed by atoms with Gasteiger partial charge in [-0.05, 0) is 44.8 Å². The van der Waals surface area contributed by atoms with Crippen LogP contribution in [0.2, 0.25) is 0 Å². The van der Waals surface area contributed by atoms with Gasteiger partial charge in [-0.1, -0.05) is 11.2 Å². The first-order chi connectivity index (χ1) is 15.5. The summed E-state index contributed by atoms with van der Waals surface area (Å²) in [7, 11) is -9.54. The SMILES string of the molecule is [N-]=[N+]=NCc1c(S(=O)(=O)O)cc(N=O)c2c(N=O)c3cc(S(=O)(=O)ON)ccc3c(N=O)c12. The molecule has 16 nitrogen and oxygen atoms in total. The normalized spacial score (nSPS) is 11.8. The maximum atomic E-state index is 12.0. The summed E-state index contributed by atoms with van der Waals surface area (Å²) in [5.74, 6) is 4.75. The summed E-state index contributed by atoms with van der Waals surface area (Å²) in [5, 5.41) is 10.0. The quantitative estimate of drug-likeness (QED) is 0.0867. The minimum absolute atomic E-state index is 0.199. The van der Waals surface area contributed by atoms with Crippen molar-refractivity contribution in [2.75, 3.05) is 0 Å². The van der Waals surface area contributed by atoms with Crippen molar-refractivity contribution < 1.29 is 25.7 Å². The molecule has 33 heavy (non-hydrogen) atoms. The lowest BCUT2D eigenvalue weighted by Gasteiger charge is -2.16. The second-order valence-electron chi connectivity index (χ2n) is 6.22. The van der Waals surface area contributed by atoms with Crippen LogP contribution < -0.4 is 5.90 Å². The van der Waals surface area contributed by atoms with E-state index in [1.165, 1.54) is 0 Å². The van der Waals surface area contributed by atoms with Crippen molar-refractivity contribution in [1.82, 2.24) is 0 Å². The van der Waals surface area contributed by atoms with Crippen LogP contribution in [0.5, 0.6) is 0 Å². The lowest BCUT2D eigenvalue weighted by atomic mass is 9.94. The van der Waals surface area contributed by atoms with Gasteiger partial charge >= 0.3 is 10.1 Å². The van der Waals surface area contributed by atoms with E-state index in [0.717, 1.165) is 18.2 Å². The zero-order valence-electron chi connectivity index (χ0n) is 15.8. The fraction of sp³-hybridized carbons (Fsp3) is 0.0667. The lowest BCUT2D eigenvalue weighted by molar-refractivity contribution is 0.333. The fourth-order valence-electron chi connectivity index (χ4n) is 3.34. The van der Waals surface area contributed by atoms with Gasteiger partial charge in [-0.2, -0.15) is 27.0 Å². The number of benzene rings is 3. The minimum Gasteiger partial charge on any atom is -0.282 e. The molecule has 0 radical (unpaired) electrons. The van der Waals surface area contributed by atoms with Gasteiger partial charge in [-0.15, -0.1) is 14.7 Å². The molecule has 0 spiro atoms. The summed E-state index contributed by atoms with van der Waals surface area (Å²) in [4.78, 5) is 36.1. The van der Waals surface area contributed by atoms with Crippen molar-refractivity contribution in [1.29, 1.82) is 0 Å². The van der Waals surface area contributed by atoms with Crippen LogP contribution in [0.1, 0.15) is 5.56 Å². The molecular formula is C15H9N7O9S2. The number of azide groups is 1. The maximum absolute atomic E-state index is 12.0. The molecule has 0 heterocycles. The Morgan fingerprint density at radius 3 is 2.12 bits per heavy atom. The Labute approximate surface area is 182 Å². The Kier molecular flexibility index (Phi) is 6.14. The van der Waals surface area contributed by atoms with Gasteiger partial charge in [-0.25, -0.2) is 0 Å². The molecule has 3 rings (SSSR count). The molecular weight excluding hydrogens is 486 g/mol. The zero-order valence-corrected chi connectivity index (χ0v) is 17.4. The molecule has 3 aromatic carbocycles. The van der Waals surface area contributed by atoms with Crippen LogP contribution in [-0.4, -0.2) is 21.4 Å². The Bertz CT molecular complexity index is 1630. The van der Waals surface area contributed by atoms with E-state index in [0.29, 0.717) is 6.07 Å². The van der Waals surface area contributed by atoms with Gasteiger partial charge in [0.2, 0.25) is 0 Å². The van der Waals surface area contributed by atoms with Gasteiger partial charge in [-0.3, -0.25) is 4.55 Å². The molecule has 0 bridgehead atoms. The van der Waals surface area contributed by atoms with E-state index in [-0.39, 0.29) is 10.8 Å². The minimum atomic E-state index is -5.06. The summed E-state index contributed by atoms with van der Waals surface area (Å²) in [6.07, 6.45) is 0. The largest absolute Gasteiger partial charge is 0.312 e. The summed E-state index contributed by atoms with van der Waals surface area (Å²) in [6, 6.07) is 3.40. The Morgan fingerprint density at radius 2 is 1.61 bits per heavy atom. The van der Waals surface area contributed by atoms with E-state index < -0.39 is 70.0 Å². The highest BCUT2D eigenvalue weighted by Gasteiger charge is 2.28. The molecule has 0 atom stereocenters. The van der Waals surface area contributed by atoms with Crippen LogP contribution in [-0.2, 0) is 31.1 Å². The van der Waals surface area contributed by atoms with Crippen molar-refractivity contribution in [2.24, 2.45) is 26.5 Å². The molecule has 0 aliphatic heterocycles. The van der Waals surface area contributed by atoms with Crippen molar-refractivity contribution in [3.63, 3.8) is 0 Å². The second-order valence-corrected chi connectivity index (χ2v) is 9.18. The van der Waals surface area contributed by atoms with E-state index in [2.05, 4.69) is 29.8 Å².